The van der Waals surface area contributed by atoms with Crippen LogP contribution in [0.25, 0.3) is 21.3 Å². The van der Waals surface area contributed by atoms with Crippen LogP contribution in [0.4, 0.5) is 0 Å². The lowest BCUT2D eigenvalue weighted by molar-refractivity contribution is 0.592. The highest BCUT2D eigenvalue weighted by Gasteiger charge is 2.24. The van der Waals surface area contributed by atoms with Crippen LogP contribution >= 0.6 is 22.9 Å². The monoisotopic (exact) mass is 399 g/mol. The van der Waals surface area contributed by atoms with Gasteiger partial charge in [-0.25, -0.2) is 13.4 Å². The van der Waals surface area contributed by atoms with Crippen LogP contribution < -0.4 is 0 Å². The third-order valence-electron chi connectivity index (χ3n) is 4.13. The Morgan fingerprint density at radius 1 is 0.923 bits per heavy atom. The number of hydrogen-bond donors (Lipinski definition) is 0. The normalized spacial score (nSPS) is 11.8. The first-order chi connectivity index (χ1) is 12.4. The van der Waals surface area contributed by atoms with Crippen LogP contribution in [0.3, 0.4) is 0 Å². The van der Waals surface area contributed by atoms with E-state index in [-0.39, 0.29) is 9.92 Å². The van der Waals surface area contributed by atoms with Gasteiger partial charge in [0.15, 0.2) is 5.03 Å². The van der Waals surface area contributed by atoms with Crippen molar-refractivity contribution in [2.45, 2.75) is 16.8 Å². The number of aryl methyl sites for hydroxylation is 1. The second-order valence-electron chi connectivity index (χ2n) is 5.90. The molecule has 0 saturated heterocycles. The molecule has 0 fully saturated rings. The molecule has 4 rings (SSSR count). The van der Waals surface area contributed by atoms with Gasteiger partial charge in [0.2, 0.25) is 9.84 Å². The van der Waals surface area contributed by atoms with Gasteiger partial charge in [0.05, 0.1) is 4.90 Å². The minimum atomic E-state index is -3.68. The largest absolute Gasteiger partial charge is 0.224 e. The van der Waals surface area contributed by atoms with Gasteiger partial charge in [-0.05, 0) is 48.0 Å². The molecule has 0 bridgehead atoms. The minimum absolute atomic E-state index is 0.105. The molecule has 3 aromatic carbocycles. The molecule has 1 aromatic heterocycles. The van der Waals surface area contributed by atoms with E-state index in [9.17, 15) is 8.42 Å². The Morgan fingerprint density at radius 2 is 1.62 bits per heavy atom. The number of benzene rings is 3. The maximum atomic E-state index is 12.9. The van der Waals surface area contributed by atoms with Crippen molar-refractivity contribution < 1.29 is 8.42 Å². The smallest absolute Gasteiger partial charge is 0.224 e. The van der Waals surface area contributed by atoms with Crippen molar-refractivity contribution in [2.75, 3.05) is 0 Å². The van der Waals surface area contributed by atoms with Crippen LogP contribution in [0.15, 0.2) is 76.7 Å². The lowest BCUT2D eigenvalue weighted by Gasteiger charge is -2.03. The van der Waals surface area contributed by atoms with Gasteiger partial charge in [-0.1, -0.05) is 48.0 Å². The summed E-state index contributed by atoms with van der Waals surface area (Å²) in [4.78, 5) is 5.32. The summed E-state index contributed by atoms with van der Waals surface area (Å²) in [6.45, 7) is 1.78. The first-order valence-electron chi connectivity index (χ1n) is 7.92. The lowest BCUT2D eigenvalue weighted by atomic mass is 10.1. The van der Waals surface area contributed by atoms with Crippen molar-refractivity contribution in [3.63, 3.8) is 0 Å². The Balaban J connectivity index is 1.80. The topological polar surface area (TPSA) is 47.0 Å². The fraction of sp³-hybridized carbons (Fsp3) is 0.0500. The fourth-order valence-corrected chi connectivity index (χ4v) is 5.55. The number of halogens is 1. The average Bonchev–Trinajstić information content (AvgIpc) is 3.04. The molecule has 6 heteroatoms. The van der Waals surface area contributed by atoms with Crippen molar-refractivity contribution >= 4 is 43.5 Å². The van der Waals surface area contributed by atoms with E-state index in [4.69, 9.17) is 11.6 Å². The molecule has 0 aliphatic carbocycles. The van der Waals surface area contributed by atoms with E-state index in [2.05, 4.69) is 4.98 Å². The van der Waals surface area contributed by atoms with E-state index in [0.717, 1.165) is 16.3 Å². The van der Waals surface area contributed by atoms with Crippen molar-refractivity contribution in [3.8, 4) is 10.6 Å². The molecular weight excluding hydrogens is 386 g/mol. The molecule has 0 aliphatic rings. The molecule has 3 nitrogen and oxygen atoms in total. The average molecular weight is 400 g/mol. The van der Waals surface area contributed by atoms with Crippen molar-refractivity contribution in [1.29, 1.82) is 0 Å². The van der Waals surface area contributed by atoms with Crippen LogP contribution in [0.5, 0.6) is 0 Å². The Kier molecular flexibility index (Phi) is 4.31. The second kappa shape index (κ2) is 6.50. The summed E-state index contributed by atoms with van der Waals surface area (Å²) in [6, 6.07) is 20.2. The van der Waals surface area contributed by atoms with E-state index in [1.165, 1.54) is 23.5 Å². The van der Waals surface area contributed by atoms with Crippen LogP contribution in [-0.4, -0.2) is 13.4 Å². The SMILES string of the molecule is Cc1sc(-c2ccc3ccccc3c2)nc1S(=O)(=O)c1ccc(Cl)cc1. The van der Waals surface area contributed by atoms with E-state index in [0.29, 0.717) is 14.9 Å². The predicted octanol–water partition coefficient (Wildman–Crippen LogP) is 5.76. The van der Waals surface area contributed by atoms with Gasteiger partial charge in [-0.15, -0.1) is 11.3 Å². The maximum Gasteiger partial charge on any atom is 0.224 e. The van der Waals surface area contributed by atoms with Gasteiger partial charge in [-0.3, -0.25) is 0 Å². The first-order valence-corrected chi connectivity index (χ1v) is 10.6. The molecule has 0 unspecified atom stereocenters. The molecular formula is C20H14ClNO2S2. The van der Waals surface area contributed by atoms with Gasteiger partial charge in [0, 0.05) is 15.5 Å². The maximum absolute atomic E-state index is 12.9. The zero-order valence-corrected chi connectivity index (χ0v) is 16.2. The number of fused-ring (bicyclic) bond motifs is 1. The van der Waals surface area contributed by atoms with E-state index in [1.54, 1.807) is 19.1 Å². The molecule has 130 valence electrons. The van der Waals surface area contributed by atoms with Gasteiger partial charge in [0.25, 0.3) is 0 Å². The molecule has 0 spiro atoms. The van der Waals surface area contributed by atoms with Gasteiger partial charge in [-0.2, -0.15) is 0 Å². The number of sulfone groups is 1. The molecule has 26 heavy (non-hydrogen) atoms. The number of aromatic nitrogens is 1. The Bertz CT molecular complexity index is 1210. The molecule has 0 N–H and O–H groups in total. The summed E-state index contributed by atoms with van der Waals surface area (Å²) in [5.41, 5.74) is 0.911. The Hall–Kier alpha value is -2.21. The predicted molar refractivity (Wildman–Crippen MR) is 107 cm³/mol. The Labute approximate surface area is 160 Å². The highest BCUT2D eigenvalue weighted by Crippen LogP contribution is 2.34. The van der Waals surface area contributed by atoms with E-state index < -0.39 is 9.84 Å². The molecule has 0 radical (unpaired) electrons. The highest BCUT2D eigenvalue weighted by molar-refractivity contribution is 7.91. The third kappa shape index (κ3) is 3.03. The van der Waals surface area contributed by atoms with Crippen LogP contribution in [0.2, 0.25) is 5.02 Å². The summed E-state index contributed by atoms with van der Waals surface area (Å²) in [7, 11) is -3.68. The first kappa shape index (κ1) is 17.2. The highest BCUT2D eigenvalue weighted by atomic mass is 35.5. The quantitative estimate of drug-likeness (QED) is 0.440. The summed E-state index contributed by atoms with van der Waals surface area (Å²) in [6.07, 6.45) is 0. The van der Waals surface area contributed by atoms with Crippen molar-refractivity contribution in [2.24, 2.45) is 0 Å². The van der Waals surface area contributed by atoms with Crippen molar-refractivity contribution in [1.82, 2.24) is 4.98 Å². The fourth-order valence-electron chi connectivity index (χ4n) is 2.80. The van der Waals surface area contributed by atoms with Gasteiger partial charge >= 0.3 is 0 Å². The Morgan fingerprint density at radius 3 is 2.35 bits per heavy atom. The van der Waals surface area contributed by atoms with Crippen molar-refractivity contribution in [3.05, 3.63) is 76.6 Å². The number of thiazole rings is 1. The van der Waals surface area contributed by atoms with E-state index >= 15 is 0 Å². The molecule has 0 atom stereocenters. The zero-order chi connectivity index (χ0) is 18.3. The summed E-state index contributed by atoms with van der Waals surface area (Å²) >= 11 is 7.25. The third-order valence-corrected chi connectivity index (χ3v) is 7.33. The summed E-state index contributed by atoms with van der Waals surface area (Å²) in [5, 5.41) is 3.53. The molecule has 1 heterocycles. The van der Waals surface area contributed by atoms with Gasteiger partial charge in [0.1, 0.15) is 5.01 Å². The van der Waals surface area contributed by atoms with Gasteiger partial charge < -0.3 is 0 Å². The summed E-state index contributed by atoms with van der Waals surface area (Å²) < 4.78 is 25.8. The van der Waals surface area contributed by atoms with Crippen LogP contribution in [0, 0.1) is 6.92 Å². The van der Waals surface area contributed by atoms with E-state index in [1.807, 2.05) is 42.5 Å². The number of nitrogens with zero attached hydrogens (tertiary/aromatic N) is 1. The van der Waals surface area contributed by atoms with Crippen LogP contribution in [0.1, 0.15) is 4.88 Å². The molecule has 0 amide bonds. The number of rotatable bonds is 3. The summed E-state index contributed by atoms with van der Waals surface area (Å²) in [5.74, 6) is 0. The zero-order valence-electron chi connectivity index (χ0n) is 13.8. The lowest BCUT2D eigenvalue weighted by Crippen LogP contribution is -2.03. The second-order valence-corrected chi connectivity index (χ2v) is 9.40. The molecule has 0 aliphatic heterocycles. The minimum Gasteiger partial charge on any atom is -0.224 e. The number of hydrogen-bond acceptors (Lipinski definition) is 4. The molecule has 4 aromatic rings. The standard InChI is InChI=1S/C20H14ClNO2S2/c1-13-20(26(23,24)18-10-8-17(21)9-11-18)22-19(25-13)16-7-6-14-4-2-3-5-15(14)12-16/h2-12H,1H3. The van der Waals surface area contributed by atoms with Crippen LogP contribution in [-0.2, 0) is 9.84 Å². The molecule has 0 saturated carbocycles.